The monoisotopic (exact) mass is 285 g/mol. The summed E-state index contributed by atoms with van der Waals surface area (Å²) in [5.74, 6) is 1.59. The van der Waals surface area contributed by atoms with Gasteiger partial charge in [-0.05, 0) is 44.0 Å². The first-order valence-corrected chi connectivity index (χ1v) is 7.00. The molecule has 0 saturated heterocycles. The number of hydrogen-bond acceptors (Lipinski definition) is 3. The Balaban J connectivity index is 2.69. The first-order valence-electron chi connectivity index (χ1n) is 7.00. The van der Waals surface area contributed by atoms with Crippen LogP contribution in [0.1, 0.15) is 29.2 Å². The van der Waals surface area contributed by atoms with Crippen LogP contribution in [0.15, 0.2) is 36.4 Å². The van der Waals surface area contributed by atoms with Gasteiger partial charge >= 0.3 is 0 Å². The van der Waals surface area contributed by atoms with Crippen LogP contribution < -0.4 is 15.2 Å². The van der Waals surface area contributed by atoms with Crippen LogP contribution in [0.4, 0.5) is 0 Å². The largest absolute Gasteiger partial charge is 0.496 e. The van der Waals surface area contributed by atoms with Crippen molar-refractivity contribution in [3.8, 4) is 11.5 Å². The highest BCUT2D eigenvalue weighted by Gasteiger charge is 2.31. The van der Waals surface area contributed by atoms with E-state index >= 15 is 0 Å². The van der Waals surface area contributed by atoms with Gasteiger partial charge in [0.1, 0.15) is 11.5 Å². The van der Waals surface area contributed by atoms with Gasteiger partial charge in [-0.3, -0.25) is 0 Å². The van der Waals surface area contributed by atoms with Crippen LogP contribution in [0.25, 0.3) is 0 Å². The summed E-state index contributed by atoms with van der Waals surface area (Å²) in [5.41, 5.74) is 10.2. The molecule has 0 aliphatic rings. The number of benzene rings is 2. The molecule has 0 spiro atoms. The van der Waals surface area contributed by atoms with Crippen molar-refractivity contribution in [2.75, 3.05) is 14.2 Å². The molecule has 2 aromatic rings. The molecule has 2 aromatic carbocycles. The number of ether oxygens (including phenoxy) is 2. The minimum absolute atomic E-state index is 0.699. The van der Waals surface area contributed by atoms with Gasteiger partial charge in [0.15, 0.2) is 0 Å². The summed E-state index contributed by atoms with van der Waals surface area (Å²) < 4.78 is 11.0. The van der Waals surface area contributed by atoms with Crippen molar-refractivity contribution in [1.82, 2.24) is 0 Å². The molecule has 3 nitrogen and oxygen atoms in total. The zero-order valence-corrected chi connectivity index (χ0v) is 13.4. The molecule has 0 aliphatic heterocycles. The van der Waals surface area contributed by atoms with Crippen molar-refractivity contribution in [3.05, 3.63) is 58.7 Å². The van der Waals surface area contributed by atoms with E-state index in [4.69, 9.17) is 15.2 Å². The number of rotatable bonds is 4. The molecule has 2 rings (SSSR count). The quantitative estimate of drug-likeness (QED) is 0.934. The number of aryl methyl sites for hydroxylation is 2. The third-order valence-electron chi connectivity index (χ3n) is 3.85. The Morgan fingerprint density at radius 3 is 2.19 bits per heavy atom. The van der Waals surface area contributed by atoms with E-state index in [0.29, 0.717) is 0 Å². The first kappa shape index (κ1) is 15.4. The molecule has 0 aliphatic carbocycles. The minimum atomic E-state index is -0.699. The van der Waals surface area contributed by atoms with E-state index in [1.54, 1.807) is 14.2 Å². The van der Waals surface area contributed by atoms with E-state index in [1.165, 1.54) is 0 Å². The molecule has 0 heterocycles. The molecular formula is C18H23NO2. The van der Waals surface area contributed by atoms with Crippen molar-refractivity contribution >= 4 is 0 Å². The Labute approximate surface area is 126 Å². The molecule has 1 atom stereocenters. The van der Waals surface area contributed by atoms with Gasteiger partial charge in [0.25, 0.3) is 0 Å². The molecule has 112 valence electrons. The molecule has 1 unspecified atom stereocenters. The topological polar surface area (TPSA) is 44.5 Å². The molecule has 0 radical (unpaired) electrons. The Morgan fingerprint density at radius 2 is 1.57 bits per heavy atom. The average Bonchev–Trinajstić information content (AvgIpc) is 2.45. The first-order chi connectivity index (χ1) is 9.91. The van der Waals surface area contributed by atoms with Gasteiger partial charge in [0, 0.05) is 11.1 Å². The van der Waals surface area contributed by atoms with E-state index in [9.17, 15) is 0 Å². The smallest absolute Gasteiger partial charge is 0.124 e. The molecular weight excluding hydrogens is 262 g/mol. The van der Waals surface area contributed by atoms with Crippen molar-refractivity contribution in [2.24, 2.45) is 5.73 Å². The van der Waals surface area contributed by atoms with E-state index in [1.807, 2.05) is 37.3 Å². The zero-order valence-electron chi connectivity index (χ0n) is 13.4. The van der Waals surface area contributed by atoms with Crippen LogP contribution in [-0.4, -0.2) is 14.2 Å². The molecule has 21 heavy (non-hydrogen) atoms. The Morgan fingerprint density at radius 1 is 0.952 bits per heavy atom. The Hall–Kier alpha value is -2.00. The predicted octanol–water partition coefficient (Wildman–Crippen LogP) is 3.54. The van der Waals surface area contributed by atoms with Crippen molar-refractivity contribution in [1.29, 1.82) is 0 Å². The number of nitrogens with two attached hydrogens (primary N) is 1. The van der Waals surface area contributed by atoms with Gasteiger partial charge in [-0.25, -0.2) is 0 Å². The van der Waals surface area contributed by atoms with Crippen molar-refractivity contribution in [3.63, 3.8) is 0 Å². The third kappa shape index (κ3) is 2.74. The molecule has 2 N–H and O–H groups in total. The summed E-state index contributed by atoms with van der Waals surface area (Å²) in [6.07, 6.45) is 0. The minimum Gasteiger partial charge on any atom is -0.496 e. The van der Waals surface area contributed by atoms with Gasteiger partial charge in [0.2, 0.25) is 0 Å². The standard InChI is InChI=1S/C18H23NO2/c1-12-10-13(2)17(16(11-12)21-5)18(3,19)14-8-6-7-9-15(14)20-4/h6-11H,19H2,1-5H3. The van der Waals surface area contributed by atoms with Gasteiger partial charge in [0.05, 0.1) is 19.8 Å². The Kier molecular flexibility index (Phi) is 4.24. The fraction of sp³-hybridized carbons (Fsp3) is 0.333. The molecule has 0 aromatic heterocycles. The lowest BCUT2D eigenvalue weighted by Gasteiger charge is -2.31. The second-order valence-corrected chi connectivity index (χ2v) is 5.56. The number of para-hydroxylation sites is 1. The number of methoxy groups -OCH3 is 2. The fourth-order valence-corrected chi connectivity index (χ4v) is 2.96. The second-order valence-electron chi connectivity index (χ2n) is 5.56. The van der Waals surface area contributed by atoms with Gasteiger partial charge in [-0.1, -0.05) is 24.3 Å². The molecule has 0 amide bonds. The van der Waals surface area contributed by atoms with E-state index in [0.717, 1.165) is 33.8 Å². The summed E-state index contributed by atoms with van der Waals surface area (Å²) in [4.78, 5) is 0. The van der Waals surface area contributed by atoms with Crippen LogP contribution in [0.3, 0.4) is 0 Å². The maximum atomic E-state index is 6.70. The second kappa shape index (κ2) is 5.78. The maximum Gasteiger partial charge on any atom is 0.124 e. The average molecular weight is 285 g/mol. The predicted molar refractivity (Wildman–Crippen MR) is 86.1 cm³/mol. The zero-order chi connectivity index (χ0) is 15.6. The summed E-state index contributed by atoms with van der Waals surface area (Å²) in [6, 6.07) is 12.0. The number of hydrogen-bond donors (Lipinski definition) is 1. The molecule has 0 saturated carbocycles. The van der Waals surface area contributed by atoms with Crippen LogP contribution in [0.2, 0.25) is 0 Å². The van der Waals surface area contributed by atoms with Crippen LogP contribution in [-0.2, 0) is 5.54 Å². The highest BCUT2D eigenvalue weighted by Crippen LogP contribution is 2.39. The lowest BCUT2D eigenvalue weighted by Crippen LogP contribution is -2.36. The van der Waals surface area contributed by atoms with Crippen LogP contribution in [0.5, 0.6) is 11.5 Å². The third-order valence-corrected chi connectivity index (χ3v) is 3.85. The van der Waals surface area contributed by atoms with Gasteiger partial charge in [-0.15, -0.1) is 0 Å². The van der Waals surface area contributed by atoms with Crippen molar-refractivity contribution < 1.29 is 9.47 Å². The SMILES string of the molecule is COc1ccccc1C(C)(N)c1c(C)cc(C)cc1OC. The summed E-state index contributed by atoms with van der Waals surface area (Å²) in [6.45, 7) is 6.10. The lowest BCUT2D eigenvalue weighted by molar-refractivity contribution is 0.384. The van der Waals surface area contributed by atoms with Crippen LogP contribution >= 0.6 is 0 Å². The highest BCUT2D eigenvalue weighted by atomic mass is 16.5. The summed E-state index contributed by atoms with van der Waals surface area (Å²) >= 11 is 0. The fourth-order valence-electron chi connectivity index (χ4n) is 2.96. The molecule has 3 heteroatoms. The molecule has 0 fully saturated rings. The van der Waals surface area contributed by atoms with Crippen LogP contribution in [0, 0.1) is 13.8 Å². The molecule has 0 bridgehead atoms. The van der Waals surface area contributed by atoms with E-state index in [2.05, 4.69) is 19.9 Å². The maximum absolute atomic E-state index is 6.70. The highest BCUT2D eigenvalue weighted by molar-refractivity contribution is 5.54. The van der Waals surface area contributed by atoms with Crippen molar-refractivity contribution in [2.45, 2.75) is 26.3 Å². The van der Waals surface area contributed by atoms with E-state index in [-0.39, 0.29) is 0 Å². The Bertz CT molecular complexity index is 648. The van der Waals surface area contributed by atoms with Gasteiger partial charge in [-0.2, -0.15) is 0 Å². The normalized spacial score (nSPS) is 13.6. The lowest BCUT2D eigenvalue weighted by atomic mass is 9.81. The van der Waals surface area contributed by atoms with Gasteiger partial charge < -0.3 is 15.2 Å². The van der Waals surface area contributed by atoms with E-state index < -0.39 is 5.54 Å². The summed E-state index contributed by atoms with van der Waals surface area (Å²) in [7, 11) is 3.34. The summed E-state index contributed by atoms with van der Waals surface area (Å²) in [5, 5.41) is 0.